The third kappa shape index (κ3) is 28.5. The van der Waals surface area contributed by atoms with Gasteiger partial charge in [-0.05, 0) is 72.5 Å². The number of aliphatic hydroxyl groups excluding tert-OH is 3. The molecule has 1 saturated carbocycles. The lowest BCUT2D eigenvalue weighted by Gasteiger charge is -2.44. The third-order valence-corrected chi connectivity index (χ3v) is 10.3. The molecule has 0 aromatic rings. The molecule has 0 spiro atoms. The van der Waals surface area contributed by atoms with E-state index in [1.807, 2.05) is 5.92 Å². The highest BCUT2D eigenvalue weighted by molar-refractivity contribution is 7.59. The third-order valence-electron chi connectivity index (χ3n) is 8.25. The van der Waals surface area contributed by atoms with Crippen molar-refractivity contribution in [3.63, 3.8) is 0 Å². The van der Waals surface area contributed by atoms with Gasteiger partial charge in [-0.1, -0.05) is 89.9 Å². The molecule has 1 rings (SSSR count). The van der Waals surface area contributed by atoms with Gasteiger partial charge in [0, 0.05) is 28.0 Å². The van der Waals surface area contributed by atoms with Gasteiger partial charge in [0.25, 0.3) is 0 Å². The van der Waals surface area contributed by atoms with Gasteiger partial charge in [-0.25, -0.2) is 18.5 Å². The van der Waals surface area contributed by atoms with Crippen LogP contribution < -0.4 is 0 Å². The van der Waals surface area contributed by atoms with Crippen LogP contribution in [0.4, 0.5) is 0 Å². The maximum Gasteiger partial charge on any atom is 0.472 e. The maximum absolute atomic E-state index is 13.0. The minimum Gasteiger partial charge on any atom is -0.456 e. The van der Waals surface area contributed by atoms with E-state index in [2.05, 4.69) is 81.1 Å². The van der Waals surface area contributed by atoms with Gasteiger partial charge < -0.3 is 49.3 Å². The van der Waals surface area contributed by atoms with Crippen LogP contribution in [0, 0.1) is 71.0 Å². The molecule has 23 heteroatoms. The molecular formula is C39H77O19P3S. The Morgan fingerprint density at radius 2 is 1.00 bits per heavy atom. The van der Waals surface area contributed by atoms with E-state index >= 15 is 0 Å². The molecule has 368 valence electrons. The molecule has 19 nitrogen and oxygen atoms in total. The molecule has 1 fully saturated rings. The summed E-state index contributed by atoms with van der Waals surface area (Å²) in [5.74, 6) is 26.3. The van der Waals surface area contributed by atoms with Crippen LogP contribution in [-0.4, -0.2) is 108 Å². The van der Waals surface area contributed by atoms with Crippen molar-refractivity contribution in [1.82, 2.24) is 0 Å². The van der Waals surface area contributed by atoms with Crippen LogP contribution in [0.2, 0.25) is 0 Å². The van der Waals surface area contributed by atoms with Gasteiger partial charge in [0.15, 0.2) is 6.10 Å². The number of hydrogen-bond donors (Lipinski definition) is 8. The molecule has 4 unspecified atom stereocenters. The summed E-state index contributed by atoms with van der Waals surface area (Å²) in [4.78, 5) is 72.3. The Labute approximate surface area is 385 Å². The van der Waals surface area contributed by atoms with Crippen LogP contribution >= 0.6 is 37.0 Å². The number of unbranched alkanes of at least 4 members (excludes halogenated alkanes) is 12. The van der Waals surface area contributed by atoms with Gasteiger partial charge in [0.2, 0.25) is 0 Å². The second-order valence-corrected chi connectivity index (χ2v) is 17.0. The number of carbonyl (C=O) groups excluding carboxylic acids is 2. The van der Waals surface area contributed by atoms with Crippen molar-refractivity contribution >= 4 is 48.9 Å². The van der Waals surface area contributed by atoms with Crippen molar-refractivity contribution in [3.05, 3.63) is 0 Å². The van der Waals surface area contributed by atoms with Crippen molar-refractivity contribution in [2.24, 2.45) is 0 Å². The standard InChI is InChI=1S/C39H53O19P3.H2S.11H2/c1-3-5-7-9-11-13-15-16-18-20-22-24-26-28-33(41)55-31(29-53-32(40)27-25-23-21-19-17-14-12-10-8-6-4-2)30-54-61(51,52)58-37-34(42)35(43)38(56-59(45,46)47)39(36(37)44)57-60(48,49)50;;;;;;;;;;;;/h31,34-39,42-44H,3,5,7,9,11,13,15-16,18,20,22,24,26,28-30H2,1-2H3,(H,51,52)(H2,45,46,47)(H2,48,49,50);1H2;11*1H/t31-,34?,35+,36-,37?,38+,39?;;;;;;;;;;;;/m1............/s1. The normalized spacial score (nSPS) is 20.5. The SMILES string of the molecule is CC#CC#CC#CC#CC#CC#CC(=O)OC[C@H](COP(=O)(O)OC1C(O)[C@H](O)[C@H](OP(=O)(O)O)C(OP(=O)(O)O)[C@@H]1O)OC(=O)CCCCCCCCCCCCCCC.S.[HH].[HH].[HH].[HH].[HH].[HH].[HH].[HH].[HH].[HH].[HH]. The molecule has 8 atom stereocenters. The Morgan fingerprint density at radius 1 is 0.581 bits per heavy atom. The molecule has 0 aliphatic heterocycles. The molecule has 62 heavy (non-hydrogen) atoms. The largest absolute Gasteiger partial charge is 0.472 e. The summed E-state index contributed by atoms with van der Waals surface area (Å²) in [6, 6.07) is 0. The Balaban J connectivity index is -0.000000310. The first-order valence-electron chi connectivity index (χ1n) is 19.3. The smallest absolute Gasteiger partial charge is 0.456 e. The minimum atomic E-state index is -5.63. The fourth-order valence-electron chi connectivity index (χ4n) is 5.46. The average molecular weight is 975 g/mol. The lowest BCUT2D eigenvalue weighted by Crippen LogP contribution is -2.65. The molecule has 0 aromatic carbocycles. The molecule has 0 aromatic heterocycles. The summed E-state index contributed by atoms with van der Waals surface area (Å²) in [7, 11) is -16.7. The predicted octanol–water partition coefficient (Wildman–Crippen LogP) is 5.34. The van der Waals surface area contributed by atoms with E-state index in [1.165, 1.54) is 44.9 Å². The summed E-state index contributed by atoms with van der Waals surface area (Å²) < 4.78 is 64.5. The number of carbonyl (C=O) groups is 2. The number of phosphoric acid groups is 3. The zero-order chi connectivity index (χ0) is 45.7. The van der Waals surface area contributed by atoms with E-state index in [4.69, 9.17) is 18.5 Å². The molecular weight excluding hydrogens is 897 g/mol. The van der Waals surface area contributed by atoms with Crippen molar-refractivity contribution in [2.75, 3.05) is 13.2 Å². The van der Waals surface area contributed by atoms with Crippen LogP contribution in [0.3, 0.4) is 0 Å². The first kappa shape index (κ1) is 58.9. The number of rotatable bonds is 26. The molecule has 0 amide bonds. The van der Waals surface area contributed by atoms with Crippen LogP contribution in [-0.2, 0) is 50.9 Å². The monoisotopic (exact) mass is 974 g/mol. The molecule has 0 heterocycles. The highest BCUT2D eigenvalue weighted by Gasteiger charge is 2.56. The fraction of sp³-hybridized carbons (Fsp3) is 0.641. The summed E-state index contributed by atoms with van der Waals surface area (Å²) >= 11 is 0. The summed E-state index contributed by atoms with van der Waals surface area (Å²) in [6.45, 7) is 1.99. The Hall–Kier alpha value is -3.14. The van der Waals surface area contributed by atoms with Crippen LogP contribution in [0.5, 0.6) is 0 Å². The summed E-state index contributed by atoms with van der Waals surface area (Å²) in [5, 5.41) is 31.7. The Kier molecular flexibility index (Phi) is 30.9. The minimum absolute atomic E-state index is 0. The van der Waals surface area contributed by atoms with E-state index in [9.17, 15) is 63.1 Å². The number of ether oxygens (including phenoxy) is 2. The molecule has 1 aliphatic carbocycles. The van der Waals surface area contributed by atoms with E-state index in [-0.39, 0.29) is 35.6 Å². The zero-order valence-corrected chi connectivity index (χ0v) is 37.9. The molecule has 1 aliphatic rings. The topological polar surface area (TPSA) is 303 Å². The average Bonchev–Trinajstić information content (AvgIpc) is 3.18. The second kappa shape index (κ2) is 32.5. The first-order chi connectivity index (χ1) is 28.8. The van der Waals surface area contributed by atoms with Gasteiger partial charge in [-0.15, -0.1) is 0 Å². The number of esters is 2. The Bertz CT molecular complexity index is 1980. The fourth-order valence-corrected chi connectivity index (χ4v) is 7.56. The number of phosphoric ester groups is 3. The highest BCUT2D eigenvalue weighted by Crippen LogP contribution is 2.51. The second-order valence-electron chi connectivity index (χ2n) is 13.3. The van der Waals surface area contributed by atoms with E-state index < -0.39 is 91.3 Å². The van der Waals surface area contributed by atoms with Crippen molar-refractivity contribution in [1.29, 1.82) is 0 Å². The van der Waals surface area contributed by atoms with E-state index in [0.29, 0.717) is 12.8 Å². The number of hydrogen-bond acceptors (Lipinski definition) is 14. The Morgan fingerprint density at radius 3 is 1.47 bits per heavy atom. The lowest BCUT2D eigenvalue weighted by atomic mass is 9.85. The summed E-state index contributed by atoms with van der Waals surface area (Å²) in [5.41, 5.74) is 0. The van der Waals surface area contributed by atoms with E-state index in [0.717, 1.165) is 25.7 Å². The van der Waals surface area contributed by atoms with Gasteiger partial charge in [-0.3, -0.25) is 22.9 Å². The first-order valence-corrected chi connectivity index (χ1v) is 23.8. The molecule has 0 saturated heterocycles. The van der Waals surface area contributed by atoms with Crippen molar-refractivity contribution < 1.29 is 106 Å². The molecule has 8 N–H and O–H groups in total. The molecule has 0 radical (unpaired) electrons. The van der Waals surface area contributed by atoms with Gasteiger partial charge in [-0.2, -0.15) is 13.5 Å². The zero-order valence-electron chi connectivity index (χ0n) is 34.3. The van der Waals surface area contributed by atoms with E-state index in [1.54, 1.807) is 6.92 Å². The highest BCUT2D eigenvalue weighted by atomic mass is 32.1. The van der Waals surface area contributed by atoms with Crippen LogP contribution in [0.25, 0.3) is 0 Å². The van der Waals surface area contributed by atoms with Crippen LogP contribution in [0.1, 0.15) is 119 Å². The lowest BCUT2D eigenvalue weighted by molar-refractivity contribution is -0.213. The van der Waals surface area contributed by atoms with Gasteiger partial charge in [0.05, 0.1) is 6.61 Å². The van der Waals surface area contributed by atoms with Gasteiger partial charge >= 0.3 is 35.4 Å². The quantitative estimate of drug-likeness (QED) is 0.0178. The number of aliphatic hydroxyl groups is 3. The maximum atomic E-state index is 13.0. The van der Waals surface area contributed by atoms with Crippen molar-refractivity contribution in [2.45, 2.75) is 146 Å². The predicted molar refractivity (Wildman–Crippen MR) is 250 cm³/mol. The summed E-state index contributed by atoms with van der Waals surface area (Å²) in [6.07, 6.45) is -2.99. The molecule has 0 bridgehead atoms. The van der Waals surface area contributed by atoms with Crippen LogP contribution in [0.15, 0.2) is 0 Å². The van der Waals surface area contributed by atoms with Gasteiger partial charge in [0.1, 0.15) is 43.2 Å². The van der Waals surface area contributed by atoms with Crippen molar-refractivity contribution in [3.8, 4) is 71.0 Å².